The van der Waals surface area contributed by atoms with E-state index in [1.807, 2.05) is 16.8 Å². The molecule has 0 bridgehead atoms. The van der Waals surface area contributed by atoms with Gasteiger partial charge in [0.05, 0.1) is 0 Å². The first-order valence-corrected chi connectivity index (χ1v) is 7.47. The Morgan fingerprint density at radius 3 is 2.81 bits per heavy atom. The second kappa shape index (κ2) is 7.22. The Kier molecular flexibility index (Phi) is 5.33. The first-order valence-electron chi connectivity index (χ1n) is 7.47. The Morgan fingerprint density at radius 2 is 2.10 bits per heavy atom. The Bertz CT molecular complexity index is 592. The van der Waals surface area contributed by atoms with E-state index >= 15 is 0 Å². The molecular weight excluding hydrogens is 264 g/mol. The lowest BCUT2D eigenvalue weighted by atomic mass is 10.1. The van der Waals surface area contributed by atoms with E-state index in [1.165, 1.54) is 11.1 Å². The minimum Gasteiger partial charge on any atom is -0.487 e. The molecule has 0 aliphatic carbocycles. The average molecular weight is 288 g/mol. The lowest BCUT2D eigenvalue weighted by molar-refractivity contribution is 0.287. The molecule has 2 rings (SSSR count). The van der Waals surface area contributed by atoms with Crippen LogP contribution >= 0.6 is 0 Å². The van der Waals surface area contributed by atoms with Crippen molar-refractivity contribution < 1.29 is 4.74 Å². The molecule has 114 valence electrons. The molecule has 21 heavy (non-hydrogen) atoms. The van der Waals surface area contributed by atoms with Gasteiger partial charge in [0.1, 0.15) is 23.7 Å². The molecule has 0 unspecified atom stereocenters. The largest absolute Gasteiger partial charge is 0.487 e. The highest BCUT2D eigenvalue weighted by molar-refractivity contribution is 5.38. The van der Waals surface area contributed by atoms with Gasteiger partial charge in [-0.1, -0.05) is 30.7 Å². The predicted molar refractivity (Wildman–Crippen MR) is 83.1 cm³/mol. The summed E-state index contributed by atoms with van der Waals surface area (Å²) in [4.78, 5) is 0. The molecule has 2 N–H and O–H groups in total. The van der Waals surface area contributed by atoms with Gasteiger partial charge in [0, 0.05) is 13.1 Å². The fourth-order valence-electron chi connectivity index (χ4n) is 2.20. The highest BCUT2D eigenvalue weighted by atomic mass is 16.5. The van der Waals surface area contributed by atoms with Crippen molar-refractivity contribution in [2.24, 2.45) is 5.73 Å². The van der Waals surface area contributed by atoms with Crippen LogP contribution in [-0.4, -0.2) is 15.0 Å². The van der Waals surface area contributed by atoms with Crippen LogP contribution < -0.4 is 10.5 Å². The van der Waals surface area contributed by atoms with Crippen molar-refractivity contribution >= 4 is 0 Å². The summed E-state index contributed by atoms with van der Waals surface area (Å²) in [6.45, 7) is 8.01. The number of hydrogen-bond acceptors (Lipinski definition) is 4. The molecule has 0 fully saturated rings. The van der Waals surface area contributed by atoms with E-state index in [2.05, 4.69) is 37.1 Å². The van der Waals surface area contributed by atoms with Crippen LogP contribution in [0.1, 0.15) is 42.3 Å². The third-order valence-electron chi connectivity index (χ3n) is 3.75. The zero-order valence-electron chi connectivity index (χ0n) is 13.1. The van der Waals surface area contributed by atoms with Gasteiger partial charge in [-0.05, 0) is 37.5 Å². The Hall–Kier alpha value is -1.88. The number of benzene rings is 1. The number of rotatable bonds is 7. The van der Waals surface area contributed by atoms with Crippen molar-refractivity contribution in [1.29, 1.82) is 0 Å². The highest BCUT2D eigenvalue weighted by Crippen LogP contribution is 2.22. The SMILES string of the molecule is CCCCn1nnc(CN)c1COc1cccc(C)c1C. The van der Waals surface area contributed by atoms with Crippen molar-refractivity contribution in [3.8, 4) is 5.75 Å². The molecule has 0 aliphatic heterocycles. The number of aromatic nitrogens is 3. The number of nitrogens with two attached hydrogens (primary N) is 1. The van der Waals surface area contributed by atoms with E-state index in [0.29, 0.717) is 13.2 Å². The third kappa shape index (κ3) is 3.61. The minimum atomic E-state index is 0.387. The molecule has 0 amide bonds. The van der Waals surface area contributed by atoms with Gasteiger partial charge in [-0.25, -0.2) is 4.68 Å². The summed E-state index contributed by atoms with van der Waals surface area (Å²) >= 11 is 0. The average Bonchev–Trinajstić information content (AvgIpc) is 2.88. The quantitative estimate of drug-likeness (QED) is 0.850. The number of hydrogen-bond donors (Lipinski definition) is 1. The van der Waals surface area contributed by atoms with Gasteiger partial charge in [0.25, 0.3) is 0 Å². The van der Waals surface area contributed by atoms with Gasteiger partial charge in [-0.2, -0.15) is 0 Å². The van der Waals surface area contributed by atoms with E-state index in [9.17, 15) is 0 Å². The fourth-order valence-corrected chi connectivity index (χ4v) is 2.20. The molecule has 0 saturated heterocycles. The summed E-state index contributed by atoms with van der Waals surface area (Å²) in [6, 6.07) is 6.08. The smallest absolute Gasteiger partial charge is 0.132 e. The zero-order chi connectivity index (χ0) is 15.2. The third-order valence-corrected chi connectivity index (χ3v) is 3.75. The molecule has 0 atom stereocenters. The maximum atomic E-state index is 5.97. The molecule has 1 aromatic heterocycles. The lowest BCUT2D eigenvalue weighted by Gasteiger charge is -2.12. The standard InChI is InChI=1S/C16H24N4O/c1-4-5-9-20-15(14(10-17)18-19-20)11-21-16-8-6-7-12(2)13(16)3/h6-8H,4-5,9-11,17H2,1-3H3. The first-order chi connectivity index (χ1) is 10.2. The lowest BCUT2D eigenvalue weighted by Crippen LogP contribution is -2.11. The van der Waals surface area contributed by atoms with Crippen molar-refractivity contribution in [2.45, 2.75) is 53.3 Å². The summed E-state index contributed by atoms with van der Waals surface area (Å²) < 4.78 is 7.88. The molecule has 2 aromatic rings. The fraction of sp³-hybridized carbons (Fsp3) is 0.500. The summed E-state index contributed by atoms with van der Waals surface area (Å²) in [6.07, 6.45) is 2.19. The van der Waals surface area contributed by atoms with Crippen molar-refractivity contribution in [3.63, 3.8) is 0 Å². The first kappa shape index (κ1) is 15.5. The van der Waals surface area contributed by atoms with Gasteiger partial charge < -0.3 is 10.5 Å². The van der Waals surface area contributed by atoms with Crippen molar-refractivity contribution in [2.75, 3.05) is 0 Å². The van der Waals surface area contributed by atoms with Gasteiger partial charge in [-0.3, -0.25) is 0 Å². The summed E-state index contributed by atoms with van der Waals surface area (Å²) in [5.74, 6) is 0.904. The zero-order valence-corrected chi connectivity index (χ0v) is 13.1. The molecular formula is C16H24N4O. The maximum absolute atomic E-state index is 5.97. The van der Waals surface area contributed by atoms with Crippen LogP contribution in [0.5, 0.6) is 5.75 Å². The summed E-state index contributed by atoms with van der Waals surface area (Å²) in [7, 11) is 0. The van der Waals surface area contributed by atoms with Crippen LogP contribution in [0.25, 0.3) is 0 Å². The molecule has 0 spiro atoms. The minimum absolute atomic E-state index is 0.387. The topological polar surface area (TPSA) is 66.0 Å². The monoisotopic (exact) mass is 288 g/mol. The number of aryl methyl sites for hydroxylation is 2. The molecule has 1 aromatic carbocycles. The molecule has 5 heteroatoms. The van der Waals surface area contributed by atoms with Crippen LogP contribution in [-0.2, 0) is 19.7 Å². The Morgan fingerprint density at radius 1 is 1.29 bits per heavy atom. The second-order valence-electron chi connectivity index (χ2n) is 5.25. The van der Waals surface area contributed by atoms with Crippen LogP contribution in [0.2, 0.25) is 0 Å². The van der Waals surface area contributed by atoms with Gasteiger partial charge >= 0.3 is 0 Å². The molecule has 0 radical (unpaired) electrons. The van der Waals surface area contributed by atoms with Crippen molar-refractivity contribution in [1.82, 2.24) is 15.0 Å². The van der Waals surface area contributed by atoms with E-state index < -0.39 is 0 Å². The van der Waals surface area contributed by atoms with E-state index in [4.69, 9.17) is 10.5 Å². The van der Waals surface area contributed by atoms with Gasteiger partial charge in [0.15, 0.2) is 0 Å². The molecule has 0 saturated carbocycles. The number of unbranched alkanes of at least 4 members (excludes halogenated alkanes) is 1. The summed E-state index contributed by atoms with van der Waals surface area (Å²) in [5.41, 5.74) is 9.93. The Labute approximate surface area is 126 Å². The van der Waals surface area contributed by atoms with Gasteiger partial charge in [0.2, 0.25) is 0 Å². The molecule has 1 heterocycles. The maximum Gasteiger partial charge on any atom is 0.132 e. The van der Waals surface area contributed by atoms with E-state index in [0.717, 1.165) is 36.5 Å². The number of ether oxygens (including phenoxy) is 1. The van der Waals surface area contributed by atoms with Gasteiger partial charge in [-0.15, -0.1) is 5.10 Å². The van der Waals surface area contributed by atoms with Crippen LogP contribution in [0.3, 0.4) is 0 Å². The van der Waals surface area contributed by atoms with Crippen LogP contribution in [0, 0.1) is 13.8 Å². The normalized spacial score (nSPS) is 10.9. The predicted octanol–water partition coefficient (Wildman–Crippen LogP) is 2.73. The number of nitrogens with zero attached hydrogens (tertiary/aromatic N) is 3. The molecule has 0 aliphatic rings. The van der Waals surface area contributed by atoms with Crippen LogP contribution in [0.4, 0.5) is 0 Å². The Balaban J connectivity index is 2.14. The molecule has 5 nitrogen and oxygen atoms in total. The second-order valence-corrected chi connectivity index (χ2v) is 5.25. The van der Waals surface area contributed by atoms with Crippen LogP contribution in [0.15, 0.2) is 18.2 Å². The van der Waals surface area contributed by atoms with E-state index in [-0.39, 0.29) is 0 Å². The highest BCUT2D eigenvalue weighted by Gasteiger charge is 2.13. The van der Waals surface area contributed by atoms with E-state index in [1.54, 1.807) is 0 Å². The summed E-state index contributed by atoms with van der Waals surface area (Å²) in [5, 5.41) is 8.33. The van der Waals surface area contributed by atoms with Crippen molar-refractivity contribution in [3.05, 3.63) is 40.7 Å².